The van der Waals surface area contributed by atoms with Crippen LogP contribution in [-0.4, -0.2) is 54.2 Å². The first kappa shape index (κ1) is 20.2. The summed E-state index contributed by atoms with van der Waals surface area (Å²) in [6.07, 6.45) is 2.52. The van der Waals surface area contributed by atoms with Gasteiger partial charge >= 0.3 is 0 Å². The second kappa shape index (κ2) is 8.71. The third kappa shape index (κ3) is 4.90. The molecule has 1 fully saturated rings. The Labute approximate surface area is 175 Å². The second-order valence-corrected chi connectivity index (χ2v) is 9.28. The number of para-hydroxylation sites is 1. The molecule has 0 spiro atoms. The molecule has 6 nitrogen and oxygen atoms in total. The van der Waals surface area contributed by atoms with Crippen LogP contribution < -0.4 is 14.8 Å². The molecule has 2 aliphatic rings. The maximum absolute atomic E-state index is 12.5. The number of nitrogens with one attached hydrogen (secondary N) is 1. The van der Waals surface area contributed by atoms with Crippen LogP contribution in [0.4, 0.5) is 0 Å². The van der Waals surface area contributed by atoms with Crippen molar-refractivity contribution in [1.82, 2.24) is 10.2 Å². The van der Waals surface area contributed by atoms with Crippen molar-refractivity contribution < 1.29 is 18.7 Å². The van der Waals surface area contributed by atoms with Gasteiger partial charge in [0.25, 0.3) is 5.91 Å². The molecular weight excluding hydrogens is 388 g/mol. The highest BCUT2D eigenvalue weighted by atomic mass is 32.2. The van der Waals surface area contributed by atoms with E-state index in [-0.39, 0.29) is 24.2 Å². The molecule has 4 rings (SSSR count). The molecule has 0 saturated carbocycles. The fourth-order valence-corrected chi connectivity index (χ4v) is 4.82. The van der Waals surface area contributed by atoms with Crippen LogP contribution in [0.5, 0.6) is 11.5 Å². The Balaban J connectivity index is 1.33. The van der Waals surface area contributed by atoms with Gasteiger partial charge in [-0.25, -0.2) is 0 Å². The van der Waals surface area contributed by atoms with Crippen molar-refractivity contribution in [2.75, 3.05) is 37.7 Å². The van der Waals surface area contributed by atoms with E-state index in [2.05, 4.69) is 24.1 Å². The summed E-state index contributed by atoms with van der Waals surface area (Å²) in [5.41, 5.74) is 0.876. The number of furan rings is 1. The van der Waals surface area contributed by atoms with Crippen LogP contribution in [0.15, 0.2) is 41.0 Å². The largest absolute Gasteiger partial charge is 0.483 e. The molecule has 1 atom stereocenters. The van der Waals surface area contributed by atoms with E-state index in [4.69, 9.17) is 13.9 Å². The molecular formula is C22H28N2O4S. The number of nitrogens with zero attached hydrogens (tertiary/aromatic N) is 1. The van der Waals surface area contributed by atoms with Crippen molar-refractivity contribution >= 4 is 17.7 Å². The summed E-state index contributed by atoms with van der Waals surface area (Å²) in [6.45, 7) is 6.55. The molecule has 29 heavy (non-hydrogen) atoms. The smallest absolute Gasteiger partial charge is 0.258 e. The lowest BCUT2D eigenvalue weighted by Gasteiger charge is -2.33. The molecule has 0 unspecified atom stereocenters. The molecule has 0 aliphatic carbocycles. The van der Waals surface area contributed by atoms with Gasteiger partial charge < -0.3 is 19.2 Å². The average molecular weight is 417 g/mol. The normalized spacial score (nSPS) is 19.2. The zero-order chi connectivity index (χ0) is 20.3. The summed E-state index contributed by atoms with van der Waals surface area (Å²) in [6, 6.07) is 9.75. The lowest BCUT2D eigenvalue weighted by Crippen LogP contribution is -2.42. The third-order valence-electron chi connectivity index (χ3n) is 5.26. The van der Waals surface area contributed by atoms with E-state index in [1.807, 2.05) is 42.1 Å². The summed E-state index contributed by atoms with van der Waals surface area (Å²) in [5.74, 6) is 4.31. The van der Waals surface area contributed by atoms with Crippen LogP contribution in [-0.2, 0) is 11.2 Å². The molecule has 1 saturated heterocycles. The van der Waals surface area contributed by atoms with Crippen LogP contribution in [0.25, 0.3) is 0 Å². The van der Waals surface area contributed by atoms with E-state index >= 15 is 0 Å². The van der Waals surface area contributed by atoms with Crippen LogP contribution in [0.3, 0.4) is 0 Å². The van der Waals surface area contributed by atoms with Gasteiger partial charge in [-0.15, -0.1) is 0 Å². The second-order valence-electron chi connectivity index (χ2n) is 8.06. The fraction of sp³-hybridized carbons (Fsp3) is 0.500. The van der Waals surface area contributed by atoms with Gasteiger partial charge in [0.1, 0.15) is 11.4 Å². The number of amides is 1. The maximum Gasteiger partial charge on any atom is 0.258 e. The number of rotatable bonds is 7. The van der Waals surface area contributed by atoms with Crippen molar-refractivity contribution in [3.63, 3.8) is 0 Å². The van der Waals surface area contributed by atoms with Gasteiger partial charge in [0.2, 0.25) is 0 Å². The van der Waals surface area contributed by atoms with Crippen molar-refractivity contribution in [1.29, 1.82) is 0 Å². The van der Waals surface area contributed by atoms with Gasteiger partial charge in [-0.1, -0.05) is 12.1 Å². The number of thioether (sulfide) groups is 1. The van der Waals surface area contributed by atoms with Gasteiger partial charge in [0, 0.05) is 43.1 Å². The highest BCUT2D eigenvalue weighted by Gasteiger charge is 2.32. The molecule has 156 valence electrons. The van der Waals surface area contributed by atoms with Gasteiger partial charge in [-0.3, -0.25) is 9.69 Å². The van der Waals surface area contributed by atoms with Crippen molar-refractivity contribution in [2.45, 2.75) is 31.9 Å². The predicted octanol–water partition coefficient (Wildman–Crippen LogP) is 3.28. The predicted molar refractivity (Wildman–Crippen MR) is 114 cm³/mol. The first-order chi connectivity index (χ1) is 14.0. The Hall–Kier alpha value is -2.12. The van der Waals surface area contributed by atoms with Gasteiger partial charge in [0.15, 0.2) is 18.1 Å². The zero-order valence-electron chi connectivity index (χ0n) is 17.0. The highest BCUT2D eigenvalue weighted by molar-refractivity contribution is 7.99. The van der Waals surface area contributed by atoms with Crippen molar-refractivity contribution in [3.8, 4) is 11.5 Å². The number of fused-ring (bicyclic) bond motifs is 1. The Morgan fingerprint density at radius 2 is 2.10 bits per heavy atom. The topological polar surface area (TPSA) is 63.9 Å². The molecule has 0 bridgehead atoms. The van der Waals surface area contributed by atoms with E-state index in [1.54, 1.807) is 6.26 Å². The monoisotopic (exact) mass is 416 g/mol. The zero-order valence-corrected chi connectivity index (χ0v) is 17.8. The molecule has 1 aromatic heterocycles. The number of ether oxygens (including phenoxy) is 2. The highest BCUT2D eigenvalue weighted by Crippen LogP contribution is 2.41. The minimum Gasteiger partial charge on any atom is -0.483 e. The average Bonchev–Trinajstić information content (AvgIpc) is 3.34. The SMILES string of the molecule is CC1(C)Cc2cccc(OCC(=O)NC[C@H](c3ccco3)N3CCSCC3)c2O1. The van der Waals surface area contributed by atoms with Crippen LogP contribution >= 0.6 is 11.8 Å². The Kier molecular flexibility index (Phi) is 6.06. The summed E-state index contributed by atoms with van der Waals surface area (Å²) in [7, 11) is 0. The molecule has 3 heterocycles. The van der Waals surface area contributed by atoms with E-state index in [9.17, 15) is 4.79 Å². The maximum atomic E-state index is 12.5. The molecule has 0 radical (unpaired) electrons. The van der Waals surface area contributed by atoms with Gasteiger partial charge in [-0.05, 0) is 32.0 Å². The van der Waals surface area contributed by atoms with Crippen LogP contribution in [0.2, 0.25) is 0 Å². The quantitative estimate of drug-likeness (QED) is 0.747. The van der Waals surface area contributed by atoms with E-state index in [1.165, 1.54) is 0 Å². The molecule has 1 N–H and O–H groups in total. The lowest BCUT2D eigenvalue weighted by molar-refractivity contribution is -0.123. The third-order valence-corrected chi connectivity index (χ3v) is 6.21. The Morgan fingerprint density at radius 3 is 2.86 bits per heavy atom. The molecule has 1 amide bonds. The van der Waals surface area contributed by atoms with Crippen molar-refractivity contribution in [2.24, 2.45) is 0 Å². The van der Waals surface area contributed by atoms with Crippen LogP contribution in [0, 0.1) is 0 Å². The summed E-state index contributed by atoms with van der Waals surface area (Å²) >= 11 is 1.96. The van der Waals surface area contributed by atoms with Crippen molar-refractivity contribution in [3.05, 3.63) is 47.9 Å². The molecule has 7 heteroatoms. The first-order valence-corrected chi connectivity index (χ1v) is 11.2. The lowest BCUT2D eigenvalue weighted by atomic mass is 10.0. The van der Waals surface area contributed by atoms with E-state index in [0.717, 1.165) is 48.1 Å². The molecule has 1 aromatic carbocycles. The Morgan fingerprint density at radius 1 is 1.28 bits per heavy atom. The summed E-state index contributed by atoms with van der Waals surface area (Å²) in [4.78, 5) is 14.8. The van der Waals surface area contributed by atoms with E-state index in [0.29, 0.717) is 12.3 Å². The number of carbonyl (C=O) groups excluding carboxylic acids is 1. The number of benzene rings is 1. The molecule has 2 aromatic rings. The number of carbonyl (C=O) groups is 1. The first-order valence-electron chi connectivity index (χ1n) is 10.1. The number of hydrogen-bond acceptors (Lipinski definition) is 6. The standard InChI is InChI=1S/C22H28N2O4S/c1-22(2)13-16-5-3-6-19(21(16)28-22)27-15-20(25)23-14-17(18-7-4-10-26-18)24-8-11-29-12-9-24/h3-7,10,17H,8-9,11-15H2,1-2H3,(H,23,25)/t17-/m1/s1. The minimum atomic E-state index is -0.243. The minimum absolute atomic E-state index is 0.0407. The Bertz CT molecular complexity index is 831. The molecule has 2 aliphatic heterocycles. The van der Waals surface area contributed by atoms with Gasteiger partial charge in [-0.2, -0.15) is 11.8 Å². The summed E-state index contributed by atoms with van der Waals surface area (Å²) < 4.78 is 17.4. The summed E-state index contributed by atoms with van der Waals surface area (Å²) in [5, 5.41) is 3.01. The van der Waals surface area contributed by atoms with E-state index < -0.39 is 0 Å². The van der Waals surface area contributed by atoms with Gasteiger partial charge in [0.05, 0.1) is 12.3 Å². The fourth-order valence-electron chi connectivity index (χ4n) is 3.89. The van der Waals surface area contributed by atoms with Crippen LogP contribution in [0.1, 0.15) is 31.2 Å². The number of hydrogen-bond donors (Lipinski definition) is 1.